The Balaban J connectivity index is 1.76. The highest BCUT2D eigenvalue weighted by Gasteiger charge is 2.46. The number of carbonyl (C=O) groups is 2. The molecule has 1 amide bonds. The maximum atomic E-state index is 13.1. The van der Waals surface area contributed by atoms with Crippen LogP contribution in [0.15, 0.2) is 48.0 Å². The molecule has 0 radical (unpaired) electrons. The normalized spacial score (nSPS) is 21.3. The molecule has 0 bridgehead atoms. The molecule has 2 aromatic carbocycles. The molecule has 2 fully saturated rings. The topological polar surface area (TPSA) is 70.1 Å². The van der Waals surface area contributed by atoms with Crippen LogP contribution in [0.3, 0.4) is 0 Å². The third kappa shape index (κ3) is 4.65. The first-order valence-corrected chi connectivity index (χ1v) is 11.3. The van der Waals surface area contributed by atoms with E-state index in [1.807, 2.05) is 0 Å². The van der Waals surface area contributed by atoms with E-state index in [1.54, 1.807) is 42.5 Å². The van der Waals surface area contributed by atoms with Crippen LogP contribution in [-0.4, -0.2) is 66.0 Å². The average molecular weight is 496 g/mol. The maximum Gasteiger partial charge on any atom is 0.295 e. The number of benzene rings is 2. The lowest BCUT2D eigenvalue weighted by Gasteiger charge is -2.31. The number of hydrogen-bond acceptors (Lipinski definition) is 5. The van der Waals surface area contributed by atoms with Gasteiger partial charge in [0.25, 0.3) is 11.7 Å². The van der Waals surface area contributed by atoms with Crippen LogP contribution in [0.5, 0.6) is 0 Å². The van der Waals surface area contributed by atoms with E-state index in [9.17, 15) is 14.7 Å². The molecule has 2 aliphatic heterocycles. The fourth-order valence-electron chi connectivity index (χ4n) is 3.99. The molecule has 9 heteroatoms. The lowest BCUT2D eigenvalue weighted by Crippen LogP contribution is -2.42. The lowest BCUT2D eigenvalue weighted by molar-refractivity contribution is -0.140. The van der Waals surface area contributed by atoms with Crippen molar-refractivity contribution in [3.05, 3.63) is 74.2 Å². The number of nitrogens with zero attached hydrogens (tertiary/aromatic N) is 2. The first-order chi connectivity index (χ1) is 15.4. The van der Waals surface area contributed by atoms with E-state index in [-0.39, 0.29) is 11.3 Å². The number of rotatable bonds is 5. The highest BCUT2D eigenvalue weighted by atomic mass is 35.5. The van der Waals surface area contributed by atoms with Crippen LogP contribution in [-0.2, 0) is 14.3 Å². The van der Waals surface area contributed by atoms with Gasteiger partial charge in [-0.05, 0) is 42.0 Å². The average Bonchev–Trinajstić information content (AvgIpc) is 3.03. The van der Waals surface area contributed by atoms with Crippen molar-refractivity contribution in [3.63, 3.8) is 0 Å². The highest BCUT2D eigenvalue weighted by molar-refractivity contribution is 6.47. The number of amides is 1. The molecule has 4 rings (SSSR count). The number of Topliss-reactive ketones (excluding diaryl/α,β-unsaturated/α-hetero) is 1. The van der Waals surface area contributed by atoms with Gasteiger partial charge in [0.15, 0.2) is 0 Å². The minimum atomic E-state index is -0.837. The van der Waals surface area contributed by atoms with E-state index in [1.165, 1.54) is 4.90 Å². The SMILES string of the molecule is O=C1C(=O)N(CCN2CCOCC2)[C@H](c2ccc(Cl)cc2Cl)/C1=C(\O)c1ccc(Cl)cc1. The maximum absolute atomic E-state index is 13.1. The van der Waals surface area contributed by atoms with E-state index in [0.29, 0.717) is 52.5 Å². The summed E-state index contributed by atoms with van der Waals surface area (Å²) in [5, 5.41) is 12.3. The zero-order valence-corrected chi connectivity index (χ0v) is 19.3. The van der Waals surface area contributed by atoms with Crippen molar-refractivity contribution in [2.75, 3.05) is 39.4 Å². The first-order valence-electron chi connectivity index (χ1n) is 10.2. The van der Waals surface area contributed by atoms with Crippen LogP contribution >= 0.6 is 34.8 Å². The summed E-state index contributed by atoms with van der Waals surface area (Å²) in [5.41, 5.74) is 0.895. The summed E-state index contributed by atoms with van der Waals surface area (Å²) >= 11 is 18.5. The van der Waals surface area contributed by atoms with Crippen molar-refractivity contribution >= 4 is 52.3 Å². The second-order valence-electron chi connectivity index (χ2n) is 7.62. The molecule has 0 aliphatic carbocycles. The predicted molar refractivity (Wildman–Crippen MR) is 124 cm³/mol. The lowest BCUT2D eigenvalue weighted by atomic mass is 9.95. The van der Waals surface area contributed by atoms with Crippen molar-refractivity contribution in [2.24, 2.45) is 0 Å². The Labute approximate surface area is 200 Å². The highest BCUT2D eigenvalue weighted by Crippen LogP contribution is 2.42. The number of ether oxygens (including phenoxy) is 1. The second kappa shape index (κ2) is 9.81. The quantitative estimate of drug-likeness (QED) is 0.378. The zero-order valence-electron chi connectivity index (χ0n) is 17.1. The Kier molecular flexibility index (Phi) is 7.08. The van der Waals surface area contributed by atoms with E-state index in [2.05, 4.69) is 4.90 Å². The van der Waals surface area contributed by atoms with E-state index in [0.717, 1.165) is 13.1 Å². The van der Waals surface area contributed by atoms with Gasteiger partial charge in [0, 0.05) is 46.8 Å². The van der Waals surface area contributed by atoms with Gasteiger partial charge in [-0.3, -0.25) is 14.5 Å². The fourth-order valence-corrected chi connectivity index (χ4v) is 4.63. The third-order valence-electron chi connectivity index (χ3n) is 5.68. The summed E-state index contributed by atoms with van der Waals surface area (Å²) in [7, 11) is 0. The van der Waals surface area contributed by atoms with Crippen LogP contribution < -0.4 is 0 Å². The molecule has 0 aromatic heterocycles. The fraction of sp³-hybridized carbons (Fsp3) is 0.304. The summed E-state index contributed by atoms with van der Waals surface area (Å²) in [4.78, 5) is 29.7. The molecule has 1 N–H and O–H groups in total. The first kappa shape index (κ1) is 23.1. The van der Waals surface area contributed by atoms with Gasteiger partial charge in [0.05, 0.1) is 24.8 Å². The second-order valence-corrected chi connectivity index (χ2v) is 8.90. The number of halogens is 3. The minimum Gasteiger partial charge on any atom is -0.507 e. The van der Waals surface area contributed by atoms with Crippen LogP contribution in [0, 0.1) is 0 Å². The Morgan fingerprint density at radius 3 is 2.28 bits per heavy atom. The van der Waals surface area contributed by atoms with E-state index < -0.39 is 17.7 Å². The van der Waals surface area contributed by atoms with Gasteiger partial charge in [-0.15, -0.1) is 0 Å². The molecular formula is C23H21Cl3N2O4. The van der Waals surface area contributed by atoms with Gasteiger partial charge < -0.3 is 14.7 Å². The number of morpholine rings is 1. The van der Waals surface area contributed by atoms with Crippen molar-refractivity contribution < 1.29 is 19.4 Å². The Morgan fingerprint density at radius 2 is 1.62 bits per heavy atom. The van der Waals surface area contributed by atoms with Gasteiger partial charge >= 0.3 is 0 Å². The number of ketones is 1. The largest absolute Gasteiger partial charge is 0.507 e. The standard InChI is InChI=1S/C23H21Cl3N2O4/c24-15-3-1-14(2-4-15)21(29)19-20(17-6-5-16(25)13-18(17)26)28(23(31)22(19)30)8-7-27-9-11-32-12-10-27/h1-6,13,20,29H,7-12H2/b21-19+/t20-/m1/s1. The molecule has 32 heavy (non-hydrogen) atoms. The van der Waals surface area contributed by atoms with E-state index in [4.69, 9.17) is 39.5 Å². The van der Waals surface area contributed by atoms with Crippen molar-refractivity contribution in [3.8, 4) is 0 Å². The molecular weight excluding hydrogens is 475 g/mol. The summed E-state index contributed by atoms with van der Waals surface area (Å²) in [5.74, 6) is -1.70. The molecule has 2 aromatic rings. The number of aliphatic hydroxyl groups excluding tert-OH is 1. The number of hydrogen-bond donors (Lipinski definition) is 1. The monoisotopic (exact) mass is 494 g/mol. The molecule has 1 atom stereocenters. The van der Waals surface area contributed by atoms with Crippen molar-refractivity contribution in [1.82, 2.24) is 9.80 Å². The zero-order chi connectivity index (χ0) is 22.8. The predicted octanol–water partition coefficient (Wildman–Crippen LogP) is 4.40. The van der Waals surface area contributed by atoms with E-state index >= 15 is 0 Å². The molecule has 0 saturated carbocycles. The van der Waals surface area contributed by atoms with Gasteiger partial charge in [0.1, 0.15) is 5.76 Å². The van der Waals surface area contributed by atoms with Gasteiger partial charge in [0.2, 0.25) is 0 Å². The van der Waals surface area contributed by atoms with Crippen LogP contribution in [0.2, 0.25) is 15.1 Å². The van der Waals surface area contributed by atoms with Gasteiger partial charge in [-0.25, -0.2) is 0 Å². The van der Waals surface area contributed by atoms with Gasteiger partial charge in [-0.2, -0.15) is 0 Å². The third-order valence-corrected chi connectivity index (χ3v) is 6.49. The van der Waals surface area contributed by atoms with Crippen LogP contribution in [0.4, 0.5) is 0 Å². The molecule has 2 saturated heterocycles. The molecule has 2 heterocycles. The van der Waals surface area contributed by atoms with Crippen molar-refractivity contribution in [1.29, 1.82) is 0 Å². The van der Waals surface area contributed by atoms with Crippen LogP contribution in [0.1, 0.15) is 17.2 Å². The smallest absolute Gasteiger partial charge is 0.295 e. The Bertz CT molecular complexity index is 1070. The van der Waals surface area contributed by atoms with Crippen LogP contribution in [0.25, 0.3) is 5.76 Å². The summed E-state index contributed by atoms with van der Waals surface area (Å²) in [6.45, 7) is 3.62. The summed E-state index contributed by atoms with van der Waals surface area (Å²) in [6, 6.07) is 10.5. The summed E-state index contributed by atoms with van der Waals surface area (Å²) in [6.07, 6.45) is 0. The Morgan fingerprint density at radius 1 is 0.969 bits per heavy atom. The van der Waals surface area contributed by atoms with Crippen molar-refractivity contribution in [2.45, 2.75) is 6.04 Å². The molecule has 0 unspecified atom stereocenters. The Hall–Kier alpha value is -2.09. The van der Waals surface area contributed by atoms with Gasteiger partial charge in [-0.1, -0.05) is 40.9 Å². The molecule has 2 aliphatic rings. The summed E-state index contributed by atoms with van der Waals surface area (Å²) < 4.78 is 5.38. The molecule has 0 spiro atoms. The minimum absolute atomic E-state index is 0.0106. The number of likely N-dealkylation sites (tertiary alicyclic amines) is 1. The molecule has 168 valence electrons. The number of aliphatic hydroxyl groups is 1. The molecule has 6 nitrogen and oxygen atoms in total. The number of carbonyl (C=O) groups excluding carboxylic acids is 2.